The summed E-state index contributed by atoms with van der Waals surface area (Å²) in [6.07, 6.45) is 0. The average Bonchev–Trinajstić information content (AvgIpc) is 3.23. The van der Waals surface area contributed by atoms with E-state index < -0.39 is 0 Å². The van der Waals surface area contributed by atoms with Crippen LogP contribution >= 0.6 is 11.8 Å². The van der Waals surface area contributed by atoms with Crippen molar-refractivity contribution in [2.45, 2.75) is 24.5 Å². The molecule has 4 rings (SSSR count). The Labute approximate surface area is 155 Å². The molecule has 7 heteroatoms. The molecule has 2 aromatic heterocycles. The van der Waals surface area contributed by atoms with E-state index in [1.165, 1.54) is 11.8 Å². The van der Waals surface area contributed by atoms with Gasteiger partial charge in [-0.05, 0) is 36.8 Å². The van der Waals surface area contributed by atoms with Crippen LogP contribution in [-0.4, -0.2) is 19.7 Å². The van der Waals surface area contributed by atoms with Gasteiger partial charge in [0.1, 0.15) is 11.6 Å². The number of hydrogen-bond acceptors (Lipinski definition) is 6. The molecule has 0 N–H and O–H groups in total. The standard InChI is InChI=1S/C19H18N4O2S/c1-13-6-5-7-14(10-13)24-11-18-21-22-19(25-18)26-12-17-20-15-8-3-4-9-16(15)23(17)2/h3-10H,11-12H2,1-2H3. The molecule has 0 aliphatic rings. The smallest absolute Gasteiger partial charge is 0.277 e. The third kappa shape index (κ3) is 3.57. The van der Waals surface area contributed by atoms with E-state index in [-0.39, 0.29) is 6.61 Å². The molecule has 0 aliphatic heterocycles. The summed E-state index contributed by atoms with van der Waals surface area (Å²) >= 11 is 1.47. The van der Waals surface area contributed by atoms with Crippen molar-refractivity contribution in [1.29, 1.82) is 0 Å². The molecule has 0 unspecified atom stereocenters. The Balaban J connectivity index is 1.38. The number of hydrogen-bond donors (Lipinski definition) is 0. The molecule has 2 heterocycles. The number of imidazole rings is 1. The van der Waals surface area contributed by atoms with Crippen LogP contribution < -0.4 is 4.74 Å². The second-order valence-corrected chi connectivity index (χ2v) is 6.86. The minimum atomic E-state index is 0.253. The van der Waals surface area contributed by atoms with Crippen LogP contribution in [0.5, 0.6) is 5.75 Å². The molecular formula is C19H18N4O2S. The summed E-state index contributed by atoms with van der Waals surface area (Å²) in [6.45, 7) is 2.28. The Hall–Kier alpha value is -2.80. The van der Waals surface area contributed by atoms with Gasteiger partial charge < -0.3 is 13.7 Å². The van der Waals surface area contributed by atoms with Gasteiger partial charge in [-0.25, -0.2) is 4.98 Å². The zero-order chi connectivity index (χ0) is 17.9. The molecule has 0 radical (unpaired) electrons. The van der Waals surface area contributed by atoms with E-state index in [1.54, 1.807) is 0 Å². The maximum atomic E-state index is 5.69. The van der Waals surface area contributed by atoms with Crippen LogP contribution in [0.4, 0.5) is 0 Å². The van der Waals surface area contributed by atoms with Gasteiger partial charge in [-0.1, -0.05) is 36.0 Å². The summed E-state index contributed by atoms with van der Waals surface area (Å²) in [4.78, 5) is 4.65. The summed E-state index contributed by atoms with van der Waals surface area (Å²) in [6, 6.07) is 15.9. The minimum absolute atomic E-state index is 0.253. The van der Waals surface area contributed by atoms with Gasteiger partial charge in [0.25, 0.3) is 11.1 Å². The molecule has 0 fully saturated rings. The molecule has 0 spiro atoms. The topological polar surface area (TPSA) is 66.0 Å². The number of ether oxygens (including phenoxy) is 1. The summed E-state index contributed by atoms with van der Waals surface area (Å²) in [7, 11) is 2.01. The first-order chi connectivity index (χ1) is 12.7. The van der Waals surface area contributed by atoms with E-state index in [9.17, 15) is 0 Å². The van der Waals surface area contributed by atoms with Crippen molar-refractivity contribution in [2.75, 3.05) is 0 Å². The summed E-state index contributed by atoms with van der Waals surface area (Å²) < 4.78 is 13.4. The normalized spacial score (nSPS) is 11.2. The molecule has 6 nitrogen and oxygen atoms in total. The van der Waals surface area contributed by atoms with E-state index in [1.807, 2.05) is 56.4 Å². The first-order valence-corrected chi connectivity index (χ1v) is 9.22. The fourth-order valence-corrected chi connectivity index (χ4v) is 3.42. The van der Waals surface area contributed by atoms with Gasteiger partial charge in [0.15, 0.2) is 6.61 Å². The number of aromatic nitrogens is 4. The van der Waals surface area contributed by atoms with Gasteiger partial charge in [0, 0.05) is 7.05 Å². The van der Waals surface area contributed by atoms with Crippen LogP contribution in [0.1, 0.15) is 17.3 Å². The molecule has 0 aliphatic carbocycles. The second-order valence-electron chi connectivity index (χ2n) is 5.93. The molecule has 0 amide bonds. The zero-order valence-corrected chi connectivity index (χ0v) is 15.4. The van der Waals surface area contributed by atoms with Gasteiger partial charge in [-0.15, -0.1) is 10.2 Å². The predicted molar refractivity (Wildman–Crippen MR) is 100 cm³/mol. The molecule has 2 aromatic carbocycles. The summed E-state index contributed by atoms with van der Waals surface area (Å²) in [5, 5.41) is 8.63. The van der Waals surface area contributed by atoms with Crippen LogP contribution in [0.25, 0.3) is 11.0 Å². The quantitative estimate of drug-likeness (QED) is 0.478. The second kappa shape index (κ2) is 7.21. The Morgan fingerprint density at radius 2 is 2.00 bits per heavy atom. The Morgan fingerprint density at radius 1 is 1.12 bits per heavy atom. The van der Waals surface area contributed by atoms with Crippen molar-refractivity contribution in [2.24, 2.45) is 7.05 Å². The van der Waals surface area contributed by atoms with E-state index in [4.69, 9.17) is 9.15 Å². The number of para-hydroxylation sites is 2. The van der Waals surface area contributed by atoms with Crippen LogP contribution in [0.15, 0.2) is 58.2 Å². The number of nitrogens with zero attached hydrogens (tertiary/aromatic N) is 4. The number of benzene rings is 2. The molecule has 0 saturated carbocycles. The van der Waals surface area contributed by atoms with Crippen LogP contribution in [0, 0.1) is 6.92 Å². The highest BCUT2D eigenvalue weighted by molar-refractivity contribution is 7.98. The fraction of sp³-hybridized carbons (Fsp3) is 0.211. The van der Waals surface area contributed by atoms with Gasteiger partial charge >= 0.3 is 0 Å². The predicted octanol–water partition coefficient (Wildman–Crippen LogP) is 4.14. The average molecular weight is 366 g/mol. The van der Waals surface area contributed by atoms with E-state index >= 15 is 0 Å². The molecular weight excluding hydrogens is 348 g/mol. The van der Waals surface area contributed by atoms with Gasteiger partial charge in [-0.3, -0.25) is 0 Å². The van der Waals surface area contributed by atoms with Crippen LogP contribution in [0.3, 0.4) is 0 Å². The molecule has 0 bridgehead atoms. The third-order valence-corrected chi connectivity index (χ3v) is 4.82. The summed E-state index contributed by atoms with van der Waals surface area (Å²) in [5.41, 5.74) is 3.25. The maximum Gasteiger partial charge on any atom is 0.277 e. The fourth-order valence-electron chi connectivity index (χ4n) is 2.66. The lowest BCUT2D eigenvalue weighted by molar-refractivity contribution is 0.252. The summed E-state index contributed by atoms with van der Waals surface area (Å²) in [5.74, 6) is 2.87. The van der Waals surface area contributed by atoms with Crippen molar-refractivity contribution >= 4 is 22.8 Å². The highest BCUT2D eigenvalue weighted by atomic mass is 32.2. The first-order valence-electron chi connectivity index (χ1n) is 8.24. The molecule has 26 heavy (non-hydrogen) atoms. The van der Waals surface area contributed by atoms with Crippen molar-refractivity contribution in [3.05, 3.63) is 65.8 Å². The molecule has 4 aromatic rings. The number of rotatable bonds is 6. The van der Waals surface area contributed by atoms with E-state index in [2.05, 4.69) is 25.8 Å². The number of fused-ring (bicyclic) bond motifs is 1. The van der Waals surface area contributed by atoms with Crippen LogP contribution in [-0.2, 0) is 19.4 Å². The number of thioether (sulfide) groups is 1. The zero-order valence-electron chi connectivity index (χ0n) is 14.5. The van der Waals surface area contributed by atoms with E-state index in [0.717, 1.165) is 28.2 Å². The van der Waals surface area contributed by atoms with Gasteiger partial charge in [-0.2, -0.15) is 0 Å². The lowest BCUT2D eigenvalue weighted by Crippen LogP contribution is -1.95. The Morgan fingerprint density at radius 3 is 2.85 bits per heavy atom. The minimum Gasteiger partial charge on any atom is -0.484 e. The number of aryl methyl sites for hydroxylation is 2. The van der Waals surface area contributed by atoms with Gasteiger partial charge in [0.05, 0.1) is 16.8 Å². The van der Waals surface area contributed by atoms with Crippen molar-refractivity contribution in [3.8, 4) is 5.75 Å². The lowest BCUT2D eigenvalue weighted by atomic mass is 10.2. The van der Waals surface area contributed by atoms with Crippen molar-refractivity contribution in [3.63, 3.8) is 0 Å². The van der Waals surface area contributed by atoms with Crippen molar-refractivity contribution < 1.29 is 9.15 Å². The first kappa shape index (κ1) is 16.7. The van der Waals surface area contributed by atoms with Crippen molar-refractivity contribution in [1.82, 2.24) is 19.7 Å². The largest absolute Gasteiger partial charge is 0.484 e. The molecule has 0 atom stereocenters. The Kier molecular flexibility index (Phi) is 4.62. The lowest BCUT2D eigenvalue weighted by Gasteiger charge is -2.03. The highest BCUT2D eigenvalue weighted by Crippen LogP contribution is 2.24. The van der Waals surface area contributed by atoms with Crippen LogP contribution in [0.2, 0.25) is 0 Å². The monoisotopic (exact) mass is 366 g/mol. The van der Waals surface area contributed by atoms with Gasteiger partial charge in [0.2, 0.25) is 0 Å². The maximum absolute atomic E-state index is 5.69. The molecule has 0 saturated heterocycles. The van der Waals surface area contributed by atoms with E-state index in [0.29, 0.717) is 16.9 Å². The molecule has 132 valence electrons. The SMILES string of the molecule is Cc1cccc(OCc2nnc(SCc3nc4ccccc4n3C)o2)c1. The Bertz CT molecular complexity index is 1040. The highest BCUT2D eigenvalue weighted by Gasteiger charge is 2.11. The third-order valence-electron chi connectivity index (χ3n) is 4.00.